The summed E-state index contributed by atoms with van der Waals surface area (Å²) in [4.78, 5) is 4.41. The predicted molar refractivity (Wildman–Crippen MR) is 76.4 cm³/mol. The van der Waals surface area contributed by atoms with Gasteiger partial charge >= 0.3 is 0 Å². The molecule has 1 aromatic carbocycles. The van der Waals surface area contributed by atoms with E-state index in [2.05, 4.69) is 46.6 Å². The molecule has 0 aliphatic carbocycles. The SMILES string of the molecule is Cc1ccccc1CCNc1nc2ccccn2n1. The van der Waals surface area contributed by atoms with Gasteiger partial charge in [0.15, 0.2) is 5.65 Å². The van der Waals surface area contributed by atoms with E-state index in [1.54, 1.807) is 4.52 Å². The van der Waals surface area contributed by atoms with Crippen molar-refractivity contribution in [3.8, 4) is 0 Å². The van der Waals surface area contributed by atoms with Crippen molar-refractivity contribution in [2.24, 2.45) is 0 Å². The van der Waals surface area contributed by atoms with E-state index in [9.17, 15) is 0 Å². The van der Waals surface area contributed by atoms with Gasteiger partial charge in [0.1, 0.15) is 0 Å². The molecule has 0 unspecified atom stereocenters. The quantitative estimate of drug-likeness (QED) is 0.776. The van der Waals surface area contributed by atoms with E-state index in [0.717, 1.165) is 18.6 Å². The molecule has 0 saturated heterocycles. The topological polar surface area (TPSA) is 42.2 Å². The molecule has 19 heavy (non-hydrogen) atoms. The van der Waals surface area contributed by atoms with Crippen LogP contribution in [0.2, 0.25) is 0 Å². The third kappa shape index (κ3) is 2.57. The lowest BCUT2D eigenvalue weighted by molar-refractivity contribution is 0.934. The van der Waals surface area contributed by atoms with Crippen LogP contribution in [-0.2, 0) is 6.42 Å². The number of benzene rings is 1. The van der Waals surface area contributed by atoms with Gasteiger partial charge in [-0.25, -0.2) is 4.52 Å². The second-order valence-electron chi connectivity index (χ2n) is 4.54. The zero-order chi connectivity index (χ0) is 13.1. The summed E-state index contributed by atoms with van der Waals surface area (Å²) in [6.07, 6.45) is 2.87. The van der Waals surface area contributed by atoms with E-state index in [-0.39, 0.29) is 0 Å². The minimum absolute atomic E-state index is 0.680. The Balaban J connectivity index is 1.65. The van der Waals surface area contributed by atoms with Gasteiger partial charge in [-0.3, -0.25) is 0 Å². The van der Waals surface area contributed by atoms with Crippen molar-refractivity contribution in [3.05, 3.63) is 59.8 Å². The molecule has 4 heteroatoms. The van der Waals surface area contributed by atoms with Crippen molar-refractivity contribution in [1.29, 1.82) is 0 Å². The molecule has 4 nitrogen and oxygen atoms in total. The summed E-state index contributed by atoms with van der Waals surface area (Å²) in [7, 11) is 0. The van der Waals surface area contributed by atoms with Gasteiger partial charge in [-0.1, -0.05) is 30.3 Å². The first-order valence-corrected chi connectivity index (χ1v) is 6.43. The largest absolute Gasteiger partial charge is 0.353 e. The van der Waals surface area contributed by atoms with E-state index in [0.29, 0.717) is 5.95 Å². The van der Waals surface area contributed by atoms with Crippen molar-refractivity contribution < 1.29 is 0 Å². The lowest BCUT2D eigenvalue weighted by Crippen LogP contribution is -2.07. The Hall–Kier alpha value is -2.36. The van der Waals surface area contributed by atoms with E-state index in [4.69, 9.17) is 0 Å². The first-order chi connectivity index (χ1) is 9.33. The number of rotatable bonds is 4. The van der Waals surface area contributed by atoms with Crippen LogP contribution in [-0.4, -0.2) is 21.1 Å². The molecule has 0 radical (unpaired) electrons. The summed E-state index contributed by atoms with van der Waals surface area (Å²) >= 11 is 0. The molecule has 0 fully saturated rings. The summed E-state index contributed by atoms with van der Waals surface area (Å²) < 4.78 is 1.77. The standard InChI is InChI=1S/C15H16N4/c1-12-6-2-3-7-13(12)9-10-16-15-17-14-8-4-5-11-19(14)18-15/h2-8,11H,9-10H2,1H3,(H,16,18). The third-order valence-electron chi connectivity index (χ3n) is 3.18. The number of fused-ring (bicyclic) bond motifs is 1. The molecule has 0 bridgehead atoms. The molecular formula is C15H16N4. The number of nitrogens with zero attached hydrogens (tertiary/aromatic N) is 3. The molecule has 3 rings (SSSR count). The van der Waals surface area contributed by atoms with Crippen molar-refractivity contribution in [2.75, 3.05) is 11.9 Å². The number of aromatic nitrogens is 3. The van der Waals surface area contributed by atoms with Gasteiger partial charge in [0.25, 0.3) is 0 Å². The minimum Gasteiger partial charge on any atom is -0.353 e. The van der Waals surface area contributed by atoms with Gasteiger partial charge in [-0.2, -0.15) is 4.98 Å². The number of pyridine rings is 1. The van der Waals surface area contributed by atoms with Gasteiger partial charge in [-0.05, 0) is 36.6 Å². The predicted octanol–water partition coefficient (Wildman–Crippen LogP) is 2.69. The molecule has 96 valence electrons. The second kappa shape index (κ2) is 5.10. The van der Waals surface area contributed by atoms with E-state index in [1.165, 1.54) is 11.1 Å². The molecule has 0 aliphatic heterocycles. The number of hydrogen-bond donors (Lipinski definition) is 1. The zero-order valence-electron chi connectivity index (χ0n) is 10.9. The van der Waals surface area contributed by atoms with Crippen molar-refractivity contribution in [2.45, 2.75) is 13.3 Å². The van der Waals surface area contributed by atoms with Gasteiger partial charge < -0.3 is 5.32 Å². The number of hydrogen-bond acceptors (Lipinski definition) is 3. The monoisotopic (exact) mass is 252 g/mol. The van der Waals surface area contributed by atoms with Crippen LogP contribution in [0.5, 0.6) is 0 Å². The Morgan fingerprint density at radius 1 is 1.11 bits per heavy atom. The molecular weight excluding hydrogens is 236 g/mol. The fourth-order valence-corrected chi connectivity index (χ4v) is 2.11. The Bertz CT molecular complexity index is 654. The lowest BCUT2D eigenvalue weighted by atomic mass is 10.1. The number of anilines is 1. The third-order valence-corrected chi connectivity index (χ3v) is 3.18. The van der Waals surface area contributed by atoms with Crippen LogP contribution in [0.1, 0.15) is 11.1 Å². The van der Waals surface area contributed by atoms with Crippen LogP contribution in [0, 0.1) is 6.92 Å². The fraction of sp³-hybridized carbons (Fsp3) is 0.200. The molecule has 2 heterocycles. The summed E-state index contributed by atoms with van der Waals surface area (Å²) in [6.45, 7) is 2.97. The Morgan fingerprint density at radius 2 is 1.95 bits per heavy atom. The van der Waals surface area contributed by atoms with Crippen molar-refractivity contribution in [1.82, 2.24) is 14.6 Å². The normalized spacial score (nSPS) is 10.8. The molecule has 0 atom stereocenters. The van der Waals surface area contributed by atoms with Crippen LogP contribution in [0.4, 0.5) is 5.95 Å². The van der Waals surface area contributed by atoms with Crippen LogP contribution in [0.15, 0.2) is 48.7 Å². The lowest BCUT2D eigenvalue weighted by Gasteiger charge is -2.05. The van der Waals surface area contributed by atoms with E-state index >= 15 is 0 Å². The molecule has 0 spiro atoms. The number of aryl methyl sites for hydroxylation is 1. The average molecular weight is 252 g/mol. The second-order valence-corrected chi connectivity index (χ2v) is 4.54. The highest BCUT2D eigenvalue weighted by molar-refractivity contribution is 5.42. The highest BCUT2D eigenvalue weighted by Crippen LogP contribution is 2.09. The van der Waals surface area contributed by atoms with Gasteiger partial charge in [-0.15, -0.1) is 5.10 Å². The summed E-state index contributed by atoms with van der Waals surface area (Å²) in [5, 5.41) is 7.63. The maximum absolute atomic E-state index is 4.41. The van der Waals surface area contributed by atoms with Crippen LogP contribution >= 0.6 is 0 Å². The zero-order valence-corrected chi connectivity index (χ0v) is 10.9. The Labute approximate surface area is 112 Å². The highest BCUT2D eigenvalue weighted by Gasteiger charge is 2.02. The maximum Gasteiger partial charge on any atom is 0.243 e. The average Bonchev–Trinajstić information content (AvgIpc) is 2.83. The van der Waals surface area contributed by atoms with Crippen LogP contribution < -0.4 is 5.32 Å². The fourth-order valence-electron chi connectivity index (χ4n) is 2.11. The summed E-state index contributed by atoms with van der Waals surface area (Å²) in [5.41, 5.74) is 3.55. The van der Waals surface area contributed by atoms with Crippen LogP contribution in [0.25, 0.3) is 5.65 Å². The van der Waals surface area contributed by atoms with Gasteiger partial charge in [0.2, 0.25) is 5.95 Å². The first kappa shape index (κ1) is 11.7. The summed E-state index contributed by atoms with van der Waals surface area (Å²) in [6, 6.07) is 14.3. The Kier molecular flexibility index (Phi) is 3.14. The van der Waals surface area contributed by atoms with Gasteiger partial charge in [0, 0.05) is 12.7 Å². The molecule has 0 amide bonds. The summed E-state index contributed by atoms with van der Waals surface area (Å²) in [5.74, 6) is 0.680. The first-order valence-electron chi connectivity index (χ1n) is 6.43. The van der Waals surface area contributed by atoms with Crippen LogP contribution in [0.3, 0.4) is 0 Å². The van der Waals surface area contributed by atoms with E-state index < -0.39 is 0 Å². The number of nitrogens with one attached hydrogen (secondary N) is 1. The minimum atomic E-state index is 0.680. The van der Waals surface area contributed by atoms with E-state index in [1.807, 2.05) is 24.4 Å². The molecule has 3 aromatic rings. The highest BCUT2D eigenvalue weighted by atomic mass is 15.3. The van der Waals surface area contributed by atoms with Gasteiger partial charge in [0.05, 0.1) is 0 Å². The Morgan fingerprint density at radius 3 is 2.79 bits per heavy atom. The van der Waals surface area contributed by atoms with Crippen molar-refractivity contribution in [3.63, 3.8) is 0 Å². The molecule has 0 aliphatic rings. The molecule has 1 N–H and O–H groups in total. The molecule has 2 aromatic heterocycles. The maximum atomic E-state index is 4.41. The smallest absolute Gasteiger partial charge is 0.243 e. The molecule has 0 saturated carbocycles. The van der Waals surface area contributed by atoms with Crippen molar-refractivity contribution >= 4 is 11.6 Å².